The number of rotatable bonds is 8. The Balaban J connectivity index is 4.51. The first kappa shape index (κ1) is 17.4. The summed E-state index contributed by atoms with van der Waals surface area (Å²) in [5.41, 5.74) is 0. The van der Waals surface area contributed by atoms with E-state index in [0.717, 1.165) is 0 Å². The molecule has 0 rings (SSSR count). The van der Waals surface area contributed by atoms with Crippen LogP contribution in [-0.4, -0.2) is 44.1 Å². The van der Waals surface area contributed by atoms with Gasteiger partial charge in [-0.15, -0.1) is 0 Å². The summed E-state index contributed by atoms with van der Waals surface area (Å²) in [5.74, 6) is -0.0968. The summed E-state index contributed by atoms with van der Waals surface area (Å²) < 4.78 is 30.3. The number of nitrogens with zero attached hydrogens (tertiary/aromatic N) is 1. The van der Waals surface area contributed by atoms with Gasteiger partial charge >= 0.3 is 5.97 Å². The van der Waals surface area contributed by atoms with Gasteiger partial charge in [0.2, 0.25) is 10.0 Å². The number of hydrogen-bond acceptors (Lipinski definition) is 4. The predicted molar refractivity (Wildman–Crippen MR) is 71.7 cm³/mol. The number of sulfonamides is 1. The molecule has 0 amide bonds. The fourth-order valence-electron chi connectivity index (χ4n) is 1.62. The van der Waals surface area contributed by atoms with Crippen molar-refractivity contribution in [3.8, 4) is 0 Å². The predicted octanol–water partition coefficient (Wildman–Crippen LogP) is 1.64. The molecule has 0 radical (unpaired) electrons. The van der Waals surface area contributed by atoms with Crippen molar-refractivity contribution in [3.05, 3.63) is 0 Å². The zero-order valence-corrected chi connectivity index (χ0v) is 12.8. The van der Waals surface area contributed by atoms with Gasteiger partial charge in [0.1, 0.15) is 0 Å². The van der Waals surface area contributed by atoms with E-state index >= 15 is 0 Å². The largest absolute Gasteiger partial charge is 0.469 e. The molecular weight excluding hydrogens is 254 g/mol. The molecular formula is C12H25NO4S. The van der Waals surface area contributed by atoms with Crippen LogP contribution in [0.15, 0.2) is 0 Å². The van der Waals surface area contributed by atoms with Gasteiger partial charge in [-0.25, -0.2) is 8.42 Å². The molecule has 0 spiro atoms. The summed E-state index contributed by atoms with van der Waals surface area (Å²) in [6, 6.07) is -0.0597. The zero-order valence-electron chi connectivity index (χ0n) is 12.0. The molecule has 108 valence electrons. The molecule has 0 aliphatic rings. The van der Waals surface area contributed by atoms with Gasteiger partial charge in [-0.2, -0.15) is 4.31 Å². The van der Waals surface area contributed by atoms with Crippen LogP contribution < -0.4 is 0 Å². The average molecular weight is 279 g/mol. The van der Waals surface area contributed by atoms with Crippen molar-refractivity contribution in [2.24, 2.45) is 5.92 Å². The molecule has 0 saturated heterocycles. The molecule has 0 fully saturated rings. The summed E-state index contributed by atoms with van der Waals surface area (Å²) in [6.07, 6.45) is 0.444. The van der Waals surface area contributed by atoms with Crippen molar-refractivity contribution < 1.29 is 17.9 Å². The van der Waals surface area contributed by atoms with Crippen LogP contribution in [0.3, 0.4) is 0 Å². The van der Waals surface area contributed by atoms with E-state index in [2.05, 4.69) is 4.74 Å². The number of carbonyl (C=O) groups is 1. The number of carbonyl (C=O) groups excluding carboxylic acids is 1. The highest BCUT2D eigenvalue weighted by Crippen LogP contribution is 2.12. The zero-order chi connectivity index (χ0) is 14.3. The van der Waals surface area contributed by atoms with Gasteiger partial charge in [0.25, 0.3) is 0 Å². The summed E-state index contributed by atoms with van der Waals surface area (Å²) in [4.78, 5) is 10.9. The highest BCUT2D eigenvalue weighted by atomic mass is 32.2. The van der Waals surface area contributed by atoms with E-state index in [4.69, 9.17) is 0 Å². The first-order valence-corrected chi connectivity index (χ1v) is 7.88. The lowest BCUT2D eigenvalue weighted by atomic mass is 10.2. The minimum Gasteiger partial charge on any atom is -0.469 e. The molecule has 0 bridgehead atoms. The molecule has 0 atom stereocenters. The van der Waals surface area contributed by atoms with Crippen molar-refractivity contribution in [2.45, 2.75) is 46.6 Å². The van der Waals surface area contributed by atoms with E-state index in [1.807, 2.05) is 27.7 Å². The van der Waals surface area contributed by atoms with Crippen LogP contribution in [0.5, 0.6) is 0 Å². The first-order chi connectivity index (χ1) is 8.20. The van der Waals surface area contributed by atoms with E-state index < -0.39 is 10.0 Å². The van der Waals surface area contributed by atoms with E-state index in [9.17, 15) is 13.2 Å². The third-order valence-electron chi connectivity index (χ3n) is 2.49. The molecule has 6 heteroatoms. The lowest BCUT2D eigenvalue weighted by Gasteiger charge is -2.27. The number of esters is 1. The maximum Gasteiger partial charge on any atom is 0.305 e. The molecule has 0 unspecified atom stereocenters. The van der Waals surface area contributed by atoms with Crippen molar-refractivity contribution in [1.29, 1.82) is 0 Å². The molecule has 0 saturated carbocycles. The summed E-state index contributed by atoms with van der Waals surface area (Å²) >= 11 is 0. The van der Waals surface area contributed by atoms with Crippen molar-refractivity contribution in [3.63, 3.8) is 0 Å². The number of hydrogen-bond donors (Lipinski definition) is 0. The normalized spacial score (nSPS) is 12.4. The van der Waals surface area contributed by atoms with Gasteiger partial charge < -0.3 is 4.74 Å². The Morgan fingerprint density at radius 1 is 1.22 bits per heavy atom. The third kappa shape index (κ3) is 6.35. The first-order valence-electron chi connectivity index (χ1n) is 6.27. The lowest BCUT2D eigenvalue weighted by Crippen LogP contribution is -2.40. The Morgan fingerprint density at radius 3 is 2.17 bits per heavy atom. The SMILES string of the molecule is COC(=O)CCCS(=O)(=O)N(CC(C)C)C(C)C. The minimum atomic E-state index is -3.30. The molecule has 0 N–H and O–H groups in total. The Kier molecular flexibility index (Phi) is 7.47. The molecule has 0 aromatic heterocycles. The van der Waals surface area contributed by atoms with E-state index in [-0.39, 0.29) is 30.1 Å². The van der Waals surface area contributed by atoms with Gasteiger partial charge in [-0.05, 0) is 26.2 Å². The molecule has 5 nitrogen and oxygen atoms in total. The van der Waals surface area contributed by atoms with Gasteiger partial charge in [0.15, 0.2) is 0 Å². The number of methoxy groups -OCH3 is 1. The lowest BCUT2D eigenvalue weighted by molar-refractivity contribution is -0.140. The average Bonchev–Trinajstić information content (AvgIpc) is 2.24. The second-order valence-corrected chi connectivity index (χ2v) is 7.09. The van der Waals surface area contributed by atoms with Gasteiger partial charge in [0.05, 0.1) is 12.9 Å². The monoisotopic (exact) mass is 279 g/mol. The molecule has 0 aromatic rings. The van der Waals surface area contributed by atoms with E-state index in [0.29, 0.717) is 13.0 Å². The second kappa shape index (κ2) is 7.74. The van der Waals surface area contributed by atoms with Crippen LogP contribution in [0.1, 0.15) is 40.5 Å². The molecule has 0 aliphatic carbocycles. The third-order valence-corrected chi connectivity index (χ3v) is 4.58. The summed E-state index contributed by atoms with van der Waals surface area (Å²) in [6.45, 7) is 8.21. The van der Waals surface area contributed by atoms with Crippen LogP contribution >= 0.6 is 0 Å². The highest BCUT2D eigenvalue weighted by Gasteiger charge is 2.25. The van der Waals surface area contributed by atoms with Crippen LogP contribution in [0.2, 0.25) is 0 Å². The fraction of sp³-hybridized carbons (Fsp3) is 0.917. The van der Waals surface area contributed by atoms with Crippen LogP contribution in [-0.2, 0) is 19.6 Å². The van der Waals surface area contributed by atoms with Crippen LogP contribution in [0, 0.1) is 5.92 Å². The smallest absolute Gasteiger partial charge is 0.305 e. The van der Waals surface area contributed by atoms with Gasteiger partial charge in [0, 0.05) is 19.0 Å². The maximum atomic E-state index is 12.2. The Bertz CT molecular complexity index is 349. The van der Waals surface area contributed by atoms with Crippen LogP contribution in [0.4, 0.5) is 0 Å². The summed E-state index contributed by atoms with van der Waals surface area (Å²) in [5, 5.41) is 0. The quantitative estimate of drug-likeness (QED) is 0.634. The highest BCUT2D eigenvalue weighted by molar-refractivity contribution is 7.89. The number of ether oxygens (including phenoxy) is 1. The van der Waals surface area contributed by atoms with Crippen molar-refractivity contribution in [1.82, 2.24) is 4.31 Å². The Labute approximate surface area is 111 Å². The molecule has 0 aromatic carbocycles. The van der Waals surface area contributed by atoms with Gasteiger partial charge in [-0.3, -0.25) is 4.79 Å². The van der Waals surface area contributed by atoms with E-state index in [1.165, 1.54) is 11.4 Å². The minimum absolute atomic E-state index is 0.00694. The van der Waals surface area contributed by atoms with Gasteiger partial charge in [-0.1, -0.05) is 13.8 Å². The van der Waals surface area contributed by atoms with Crippen molar-refractivity contribution >= 4 is 16.0 Å². The van der Waals surface area contributed by atoms with Crippen molar-refractivity contribution in [2.75, 3.05) is 19.4 Å². The topological polar surface area (TPSA) is 63.7 Å². The maximum absolute atomic E-state index is 12.2. The Hall–Kier alpha value is -0.620. The standard InChI is InChI=1S/C12H25NO4S/c1-10(2)9-13(11(3)4)18(15,16)8-6-7-12(14)17-5/h10-11H,6-9H2,1-5H3. The fourth-order valence-corrected chi connectivity index (χ4v) is 3.54. The Morgan fingerprint density at radius 2 is 1.78 bits per heavy atom. The second-order valence-electron chi connectivity index (χ2n) is 5.05. The summed E-state index contributed by atoms with van der Waals surface area (Å²) in [7, 11) is -1.99. The van der Waals surface area contributed by atoms with Crippen LogP contribution in [0.25, 0.3) is 0 Å². The molecule has 18 heavy (non-hydrogen) atoms. The van der Waals surface area contributed by atoms with E-state index in [1.54, 1.807) is 0 Å². The molecule has 0 aliphatic heterocycles. The molecule has 0 heterocycles.